The molecule has 1 aromatic rings. The van der Waals surface area contributed by atoms with Gasteiger partial charge in [-0.2, -0.15) is 0 Å². The van der Waals surface area contributed by atoms with Gasteiger partial charge in [0.2, 0.25) is 6.79 Å². The van der Waals surface area contributed by atoms with Crippen molar-refractivity contribution in [1.82, 2.24) is 10.3 Å². The molecule has 12 nitrogen and oxygen atoms in total. The molecular formula is C28H44N2O10. The predicted octanol–water partition coefficient (Wildman–Crippen LogP) is 2.77. The Labute approximate surface area is 236 Å². The van der Waals surface area contributed by atoms with Gasteiger partial charge in [0.05, 0.1) is 25.7 Å². The van der Waals surface area contributed by atoms with Gasteiger partial charge in [0.15, 0.2) is 23.2 Å². The lowest BCUT2D eigenvalue weighted by molar-refractivity contribution is -0.160. The zero-order chi connectivity index (χ0) is 29.8. The van der Waals surface area contributed by atoms with Crippen LogP contribution in [0.2, 0.25) is 0 Å². The maximum Gasteiger partial charge on any atom is 0.331 e. The van der Waals surface area contributed by atoms with E-state index in [1.54, 1.807) is 13.8 Å². The molecule has 12 heteroatoms. The molecule has 0 saturated carbocycles. The second kappa shape index (κ2) is 16.3. The predicted molar refractivity (Wildman–Crippen MR) is 144 cm³/mol. The van der Waals surface area contributed by atoms with Crippen LogP contribution in [0, 0.1) is 17.8 Å². The third-order valence-corrected chi connectivity index (χ3v) is 5.78. The van der Waals surface area contributed by atoms with Crippen molar-refractivity contribution in [1.29, 1.82) is 0 Å². The number of carbonyl (C=O) groups excluding carboxylic acids is 3. The first-order valence-electron chi connectivity index (χ1n) is 13.6. The fourth-order valence-corrected chi connectivity index (χ4v) is 3.61. The summed E-state index contributed by atoms with van der Waals surface area (Å²) in [4.78, 5) is 42.2. The van der Waals surface area contributed by atoms with Crippen LogP contribution in [0.4, 0.5) is 0 Å². The maximum absolute atomic E-state index is 13.3. The lowest BCUT2D eigenvalue weighted by atomic mass is 10.1. The summed E-state index contributed by atoms with van der Waals surface area (Å²) in [5.41, 5.74) is -0.169. The van der Waals surface area contributed by atoms with Gasteiger partial charge in [0, 0.05) is 25.5 Å². The third kappa shape index (κ3) is 10.2. The molecule has 1 fully saturated rings. The number of pyridine rings is 1. The largest absolute Gasteiger partial charge is 0.493 e. The van der Waals surface area contributed by atoms with Gasteiger partial charge in [-0.15, -0.1) is 0 Å². The van der Waals surface area contributed by atoms with Crippen molar-refractivity contribution in [2.75, 3.05) is 40.3 Å². The summed E-state index contributed by atoms with van der Waals surface area (Å²) in [6.45, 7) is 13.6. The van der Waals surface area contributed by atoms with Gasteiger partial charge >= 0.3 is 11.9 Å². The quantitative estimate of drug-likeness (QED) is 0.277. The third-order valence-electron chi connectivity index (χ3n) is 5.78. The molecule has 2 heterocycles. The van der Waals surface area contributed by atoms with Gasteiger partial charge in [-0.1, -0.05) is 41.5 Å². The molecule has 1 aromatic heterocycles. The first kappa shape index (κ1) is 33.2. The highest BCUT2D eigenvalue weighted by Gasteiger charge is 2.36. The zero-order valence-corrected chi connectivity index (χ0v) is 24.8. The fourth-order valence-electron chi connectivity index (χ4n) is 3.61. The molecule has 1 aliphatic heterocycles. The molecule has 0 spiro atoms. The van der Waals surface area contributed by atoms with E-state index in [-0.39, 0.29) is 48.2 Å². The van der Waals surface area contributed by atoms with Crippen molar-refractivity contribution in [2.45, 2.75) is 72.8 Å². The number of amides is 1. The average molecular weight is 569 g/mol. The summed E-state index contributed by atoms with van der Waals surface area (Å²) in [5.74, 6) is -1.57. The number of ether oxygens (including phenoxy) is 7. The Morgan fingerprint density at radius 3 is 2.38 bits per heavy atom. The van der Waals surface area contributed by atoms with E-state index in [1.165, 1.54) is 19.4 Å². The summed E-state index contributed by atoms with van der Waals surface area (Å²) in [6.07, 6.45) is -0.150. The van der Waals surface area contributed by atoms with Crippen molar-refractivity contribution in [3.05, 3.63) is 18.0 Å². The van der Waals surface area contributed by atoms with Crippen LogP contribution in [0.5, 0.6) is 11.5 Å². The SMILES string of the molecule is COc1ccnc(C(=O)NC2COC(C)C(OCC(C)C)C(OCC(C)C)COC2=O)c1OCOC(=O)C(C)C. The molecule has 226 valence electrons. The topological polar surface area (TPSA) is 141 Å². The first-order chi connectivity index (χ1) is 18.9. The molecule has 0 radical (unpaired) electrons. The molecule has 4 unspecified atom stereocenters. The van der Waals surface area contributed by atoms with Crippen LogP contribution in [-0.4, -0.2) is 87.5 Å². The van der Waals surface area contributed by atoms with Crippen LogP contribution in [0.3, 0.4) is 0 Å². The molecule has 1 amide bonds. The molecular weight excluding hydrogens is 524 g/mol. The lowest BCUT2D eigenvalue weighted by Crippen LogP contribution is -2.46. The standard InChI is InChI=1S/C28H44N2O10/c1-16(2)11-36-22-14-38-28(33)20(13-35-19(7)24(22)37-12-17(3)4)30-26(31)23-25(21(34-8)9-10-29-23)39-15-40-27(32)18(5)6/h9-10,16-20,22,24H,11-15H2,1-8H3,(H,30,31). The number of methoxy groups -OCH3 is 1. The van der Waals surface area contributed by atoms with E-state index in [9.17, 15) is 14.4 Å². The van der Waals surface area contributed by atoms with Crippen LogP contribution >= 0.6 is 0 Å². The monoisotopic (exact) mass is 568 g/mol. The molecule has 4 atom stereocenters. The lowest BCUT2D eigenvalue weighted by Gasteiger charge is -2.31. The maximum atomic E-state index is 13.3. The Balaban J connectivity index is 2.20. The van der Waals surface area contributed by atoms with Crippen molar-refractivity contribution in [3.63, 3.8) is 0 Å². The van der Waals surface area contributed by atoms with Crippen LogP contribution in [-0.2, 0) is 33.3 Å². The highest BCUT2D eigenvalue weighted by atomic mass is 16.7. The van der Waals surface area contributed by atoms with Crippen molar-refractivity contribution in [3.8, 4) is 11.5 Å². The van der Waals surface area contributed by atoms with E-state index < -0.39 is 49.0 Å². The van der Waals surface area contributed by atoms with Crippen LogP contribution in [0.1, 0.15) is 59.0 Å². The van der Waals surface area contributed by atoms with E-state index in [0.29, 0.717) is 13.2 Å². The Kier molecular flexibility index (Phi) is 13.6. The Hall–Kier alpha value is -2.96. The van der Waals surface area contributed by atoms with Gasteiger partial charge in [0.25, 0.3) is 5.91 Å². The van der Waals surface area contributed by atoms with Gasteiger partial charge in [-0.25, -0.2) is 9.78 Å². The number of hydrogen-bond acceptors (Lipinski definition) is 11. The Morgan fingerprint density at radius 1 is 1.07 bits per heavy atom. The highest BCUT2D eigenvalue weighted by Crippen LogP contribution is 2.30. The van der Waals surface area contributed by atoms with E-state index in [2.05, 4.69) is 10.3 Å². The van der Waals surface area contributed by atoms with Crippen LogP contribution in [0.25, 0.3) is 0 Å². The number of rotatable bonds is 13. The van der Waals surface area contributed by atoms with Crippen LogP contribution in [0.15, 0.2) is 12.3 Å². The van der Waals surface area contributed by atoms with Gasteiger partial charge in [-0.05, 0) is 18.8 Å². The molecule has 40 heavy (non-hydrogen) atoms. The van der Waals surface area contributed by atoms with Gasteiger partial charge in [-0.3, -0.25) is 9.59 Å². The molecule has 0 aliphatic carbocycles. The number of cyclic esters (lactones) is 1. The Morgan fingerprint density at radius 2 is 1.75 bits per heavy atom. The Bertz CT molecular complexity index is 968. The molecule has 1 N–H and O–H groups in total. The summed E-state index contributed by atoms with van der Waals surface area (Å²) in [7, 11) is 1.39. The number of carbonyl (C=O) groups is 3. The molecule has 0 bridgehead atoms. The number of nitrogens with zero attached hydrogens (tertiary/aromatic N) is 1. The average Bonchev–Trinajstić information content (AvgIpc) is 2.95. The highest BCUT2D eigenvalue weighted by molar-refractivity contribution is 5.98. The normalized spacial score (nSPS) is 21.8. The van der Waals surface area contributed by atoms with E-state index in [0.717, 1.165) is 0 Å². The molecule has 0 aromatic carbocycles. The number of nitrogens with one attached hydrogen (secondary N) is 1. The summed E-state index contributed by atoms with van der Waals surface area (Å²) in [6, 6.07) is 0.341. The molecule has 2 rings (SSSR count). The number of aromatic nitrogens is 1. The second-order valence-corrected chi connectivity index (χ2v) is 10.7. The molecule has 1 saturated heterocycles. The minimum atomic E-state index is -1.15. The number of hydrogen-bond donors (Lipinski definition) is 1. The fraction of sp³-hybridized carbons (Fsp3) is 0.714. The smallest absolute Gasteiger partial charge is 0.331 e. The summed E-state index contributed by atoms with van der Waals surface area (Å²) in [5, 5.41) is 2.61. The van der Waals surface area contributed by atoms with E-state index in [4.69, 9.17) is 33.2 Å². The minimum Gasteiger partial charge on any atom is -0.493 e. The molecule has 1 aliphatic rings. The van der Waals surface area contributed by atoms with E-state index in [1.807, 2.05) is 34.6 Å². The summed E-state index contributed by atoms with van der Waals surface area (Å²) < 4.78 is 39.6. The second-order valence-electron chi connectivity index (χ2n) is 10.7. The van der Waals surface area contributed by atoms with Crippen LogP contribution < -0.4 is 14.8 Å². The van der Waals surface area contributed by atoms with Crippen molar-refractivity contribution < 1.29 is 47.5 Å². The van der Waals surface area contributed by atoms with Crippen molar-refractivity contribution >= 4 is 17.8 Å². The van der Waals surface area contributed by atoms with Crippen molar-refractivity contribution in [2.24, 2.45) is 17.8 Å². The number of esters is 2. The minimum absolute atomic E-state index is 0.0472. The van der Waals surface area contributed by atoms with Gasteiger partial charge < -0.3 is 38.5 Å². The van der Waals surface area contributed by atoms with Gasteiger partial charge in [0.1, 0.15) is 18.8 Å². The first-order valence-corrected chi connectivity index (χ1v) is 13.6. The van der Waals surface area contributed by atoms with E-state index >= 15 is 0 Å². The zero-order valence-electron chi connectivity index (χ0n) is 24.8. The summed E-state index contributed by atoms with van der Waals surface area (Å²) >= 11 is 0.